The van der Waals surface area contributed by atoms with Crippen molar-refractivity contribution in [3.05, 3.63) is 35.4 Å². The Balaban J connectivity index is 3.24. The third-order valence-corrected chi connectivity index (χ3v) is 9.99. The number of halogens is 1. The van der Waals surface area contributed by atoms with E-state index in [9.17, 15) is 0 Å². The lowest BCUT2D eigenvalue weighted by Gasteiger charge is -2.57. The highest BCUT2D eigenvalue weighted by molar-refractivity contribution is 7.99. The molecule has 0 aliphatic heterocycles. The molecule has 0 aromatic heterocycles. The summed E-state index contributed by atoms with van der Waals surface area (Å²) in [4.78, 5) is 0. The van der Waals surface area contributed by atoms with Crippen molar-refractivity contribution >= 4 is 26.3 Å². The van der Waals surface area contributed by atoms with Crippen LogP contribution in [0.5, 0.6) is 0 Å². The molecule has 1 aromatic carbocycles. The van der Waals surface area contributed by atoms with E-state index in [1.807, 2.05) is 6.07 Å². The number of hydrogen-bond donors (Lipinski definition) is 0. The Morgan fingerprint density at radius 1 is 0.947 bits per heavy atom. The molecule has 3 heteroatoms. The third-order valence-electron chi connectivity index (χ3n) is 4.08. The zero-order valence-electron chi connectivity index (χ0n) is 13.1. The van der Waals surface area contributed by atoms with Crippen molar-refractivity contribution in [1.82, 2.24) is 0 Å². The van der Waals surface area contributed by atoms with Gasteiger partial charge in [-0.05, 0) is 52.7 Å². The van der Waals surface area contributed by atoms with Gasteiger partial charge in [0, 0.05) is 22.4 Å². The molecule has 0 saturated heterocycles. The molecular formula is C16H26BClP. The van der Waals surface area contributed by atoms with Gasteiger partial charge in [0.25, 0.3) is 0 Å². The van der Waals surface area contributed by atoms with Crippen LogP contribution in [0.1, 0.15) is 52.7 Å². The normalized spacial score (nSPS) is 13.7. The minimum absolute atomic E-state index is 0.130. The van der Waals surface area contributed by atoms with Crippen LogP contribution >= 0.6 is 18.7 Å². The summed E-state index contributed by atoms with van der Waals surface area (Å²) in [6, 6.07) is 8.42. The molecule has 0 atom stereocenters. The summed E-state index contributed by atoms with van der Waals surface area (Å²) in [5, 5.41) is 0.259. The highest BCUT2D eigenvalue weighted by Gasteiger charge is 2.42. The highest BCUT2D eigenvalue weighted by Crippen LogP contribution is 2.75. The molecule has 0 spiro atoms. The first-order valence-electron chi connectivity index (χ1n) is 6.82. The monoisotopic (exact) mass is 295 g/mol. The second-order valence-electron chi connectivity index (χ2n) is 7.27. The van der Waals surface area contributed by atoms with Gasteiger partial charge >= 0.3 is 0 Å². The van der Waals surface area contributed by atoms with E-state index in [1.165, 1.54) is 11.1 Å². The minimum atomic E-state index is -1.66. The first-order chi connectivity index (χ1) is 8.53. The van der Waals surface area contributed by atoms with Gasteiger partial charge in [-0.15, -0.1) is 11.6 Å². The summed E-state index contributed by atoms with van der Waals surface area (Å²) in [6.45, 7) is 13.6. The second-order valence-corrected chi connectivity index (χ2v) is 12.3. The van der Waals surface area contributed by atoms with Crippen LogP contribution in [0.2, 0.25) is 0 Å². The topological polar surface area (TPSA) is 0 Å². The van der Waals surface area contributed by atoms with Crippen molar-refractivity contribution in [2.45, 2.75) is 63.9 Å². The van der Waals surface area contributed by atoms with Crippen LogP contribution in [0.4, 0.5) is 0 Å². The predicted molar refractivity (Wildman–Crippen MR) is 91.9 cm³/mol. The van der Waals surface area contributed by atoms with Gasteiger partial charge < -0.3 is 7.57 Å². The zero-order chi connectivity index (χ0) is 14.9. The number of alkyl halides is 1. The molecule has 0 fully saturated rings. The van der Waals surface area contributed by atoms with E-state index in [1.54, 1.807) is 0 Å². The largest absolute Gasteiger partial charge is 0.305 e. The lowest BCUT2D eigenvalue weighted by atomic mass is 10.1. The molecule has 1 rings (SSSR count). The van der Waals surface area contributed by atoms with Crippen LogP contribution in [0.15, 0.2) is 24.3 Å². The minimum Gasteiger partial charge on any atom is -0.305 e. The molecule has 0 heterocycles. The lowest BCUT2D eigenvalue weighted by molar-refractivity contribution is 0.695. The fourth-order valence-corrected chi connectivity index (χ4v) is 6.66. The lowest BCUT2D eigenvalue weighted by Crippen LogP contribution is -2.35. The Morgan fingerprint density at radius 3 is 1.74 bits per heavy atom. The molecule has 3 radical (unpaired) electrons. The highest BCUT2D eigenvalue weighted by atomic mass is 35.5. The van der Waals surface area contributed by atoms with Crippen molar-refractivity contribution in [3.8, 4) is 0 Å². The van der Waals surface area contributed by atoms with Crippen molar-refractivity contribution in [2.24, 2.45) is 0 Å². The van der Waals surface area contributed by atoms with Crippen LogP contribution in [0.3, 0.4) is 0 Å². The van der Waals surface area contributed by atoms with Crippen LogP contribution in [0, 0.1) is 0 Å². The van der Waals surface area contributed by atoms with Gasteiger partial charge in [-0.3, -0.25) is 0 Å². The van der Waals surface area contributed by atoms with Gasteiger partial charge in [0.1, 0.15) is 0 Å². The molecule has 1 aromatic rings. The molecule has 0 amide bonds. The molecule has 105 valence electrons. The zero-order valence-corrected chi connectivity index (χ0v) is 14.8. The fraction of sp³-hybridized carbons (Fsp3) is 0.625. The number of rotatable bonds is 3. The number of benzene rings is 1. The van der Waals surface area contributed by atoms with Crippen molar-refractivity contribution in [1.29, 1.82) is 0 Å². The summed E-state index contributed by atoms with van der Waals surface area (Å²) in [6.07, 6.45) is 0.961. The Labute approximate surface area is 126 Å². The molecular weight excluding hydrogens is 269 g/mol. The second kappa shape index (κ2) is 5.78. The Morgan fingerprint density at radius 2 is 1.37 bits per heavy atom. The SMILES string of the molecule is [B-][P+](Cc1ccccc1CCl)(C(C)(C)C)C(C)(C)C. The van der Waals surface area contributed by atoms with Crippen LogP contribution < -0.4 is 0 Å². The Kier molecular flexibility index (Phi) is 5.19. The van der Waals surface area contributed by atoms with Gasteiger partial charge in [-0.25, -0.2) is 7.14 Å². The van der Waals surface area contributed by atoms with Crippen LogP contribution in [-0.4, -0.2) is 17.9 Å². The number of hydrogen-bond acceptors (Lipinski definition) is 0. The molecule has 0 aliphatic carbocycles. The summed E-state index contributed by atoms with van der Waals surface area (Å²) >= 11 is 6.06. The third kappa shape index (κ3) is 3.56. The maximum absolute atomic E-state index is 6.98. The van der Waals surface area contributed by atoms with E-state index < -0.39 is 7.14 Å². The van der Waals surface area contributed by atoms with E-state index in [-0.39, 0.29) is 10.3 Å². The van der Waals surface area contributed by atoms with Gasteiger partial charge in [0.2, 0.25) is 0 Å². The molecule has 0 N–H and O–H groups in total. The summed E-state index contributed by atoms with van der Waals surface area (Å²) in [7, 11) is 5.32. The standard InChI is InChI=1S/C16H26BClP/c1-15(2,3)19(17,16(4,5)6)12-14-10-8-7-9-13(14)11-18/h7-10H,11-12H2,1-6H3. The summed E-state index contributed by atoms with van der Waals surface area (Å²) < 4.78 is 0. The van der Waals surface area contributed by atoms with E-state index in [0.717, 1.165) is 6.16 Å². The van der Waals surface area contributed by atoms with Gasteiger partial charge in [-0.2, -0.15) is 0 Å². The van der Waals surface area contributed by atoms with E-state index in [4.69, 9.17) is 19.2 Å². The van der Waals surface area contributed by atoms with Crippen LogP contribution in [-0.2, 0) is 12.0 Å². The van der Waals surface area contributed by atoms with E-state index in [2.05, 4.69) is 59.7 Å². The molecule has 0 bridgehead atoms. The smallest absolute Gasteiger partial charge is 0.0478 e. The Bertz CT molecular complexity index is 415. The van der Waals surface area contributed by atoms with Gasteiger partial charge in [-0.1, -0.05) is 24.3 Å². The molecule has 0 unspecified atom stereocenters. The van der Waals surface area contributed by atoms with Crippen molar-refractivity contribution < 1.29 is 0 Å². The van der Waals surface area contributed by atoms with Gasteiger partial charge in [0.15, 0.2) is 0 Å². The Hall–Kier alpha value is 0.00494. The predicted octanol–water partition coefficient (Wildman–Crippen LogP) is 5.62. The van der Waals surface area contributed by atoms with E-state index >= 15 is 0 Å². The van der Waals surface area contributed by atoms with Crippen molar-refractivity contribution in [3.63, 3.8) is 0 Å². The fourth-order valence-electron chi connectivity index (χ4n) is 2.59. The molecule has 0 aliphatic rings. The maximum Gasteiger partial charge on any atom is 0.0478 e. The van der Waals surface area contributed by atoms with Gasteiger partial charge in [0.05, 0.1) is 0 Å². The molecule has 0 nitrogen and oxygen atoms in total. The van der Waals surface area contributed by atoms with Crippen molar-refractivity contribution in [2.75, 3.05) is 0 Å². The maximum atomic E-state index is 6.98. The first kappa shape index (κ1) is 17.1. The average molecular weight is 296 g/mol. The first-order valence-corrected chi connectivity index (χ1v) is 9.40. The summed E-state index contributed by atoms with van der Waals surface area (Å²) in [5.41, 5.74) is 2.53. The average Bonchev–Trinajstić information content (AvgIpc) is 2.26. The molecule has 0 saturated carbocycles. The molecule has 19 heavy (non-hydrogen) atoms. The summed E-state index contributed by atoms with van der Waals surface area (Å²) in [5.74, 6) is 0.560. The quantitative estimate of drug-likeness (QED) is 0.385. The van der Waals surface area contributed by atoms with Crippen LogP contribution in [0.25, 0.3) is 0 Å². The van der Waals surface area contributed by atoms with E-state index in [0.29, 0.717) is 5.88 Å².